The lowest BCUT2D eigenvalue weighted by Crippen LogP contribution is -2.52. The smallest absolute Gasteiger partial charge is 0.280 e. The van der Waals surface area contributed by atoms with Crippen LogP contribution in [-0.2, 0) is 10.2 Å². The van der Waals surface area contributed by atoms with Gasteiger partial charge in [0.05, 0.1) is 0 Å². The molecule has 0 aromatic heterocycles. The highest BCUT2D eigenvalue weighted by molar-refractivity contribution is 7.87. The Morgan fingerprint density at radius 1 is 1.36 bits per heavy atom. The quantitative estimate of drug-likeness (QED) is 0.637. The molecule has 4 fully saturated rings. The number of hydrogen-bond acceptors (Lipinski definition) is 3. The van der Waals surface area contributed by atoms with Crippen molar-refractivity contribution in [3.8, 4) is 0 Å². The summed E-state index contributed by atoms with van der Waals surface area (Å²) in [5, 5.41) is 0. The van der Waals surface area contributed by atoms with E-state index in [9.17, 15) is 8.42 Å². The monoisotopic (exact) mass is 217 g/mol. The summed E-state index contributed by atoms with van der Waals surface area (Å²) >= 11 is 0. The maximum atomic E-state index is 11.8. The first-order valence-corrected chi connectivity index (χ1v) is 6.56. The van der Waals surface area contributed by atoms with Crippen LogP contribution in [0.25, 0.3) is 0 Å². The van der Waals surface area contributed by atoms with Crippen molar-refractivity contribution >= 4 is 10.2 Å². The summed E-state index contributed by atoms with van der Waals surface area (Å²) in [6.45, 7) is 0.619. The Bertz CT molecular complexity index is 352. The maximum Gasteiger partial charge on any atom is 0.280 e. The second-order valence-electron chi connectivity index (χ2n) is 4.61. The van der Waals surface area contributed by atoms with E-state index in [2.05, 4.69) is 4.72 Å². The number of hydrogen-bond donors (Lipinski definition) is 2. The lowest BCUT2D eigenvalue weighted by Gasteiger charge is -2.32. The Morgan fingerprint density at radius 3 is 2.50 bits per heavy atom. The first-order valence-electron chi connectivity index (χ1n) is 5.12. The molecule has 2 aliphatic carbocycles. The van der Waals surface area contributed by atoms with E-state index in [1.807, 2.05) is 0 Å². The first-order chi connectivity index (χ1) is 6.58. The van der Waals surface area contributed by atoms with Crippen molar-refractivity contribution in [3.63, 3.8) is 0 Å². The van der Waals surface area contributed by atoms with Gasteiger partial charge in [0.15, 0.2) is 0 Å². The molecular formula is C8H15N3O2S. The zero-order valence-electron chi connectivity index (χ0n) is 7.89. The predicted octanol–water partition coefficient (Wildman–Crippen LogP) is -0.985. The molecule has 0 radical (unpaired) electrons. The van der Waals surface area contributed by atoms with Crippen LogP contribution in [0.4, 0.5) is 0 Å². The molecule has 3 unspecified atom stereocenters. The van der Waals surface area contributed by atoms with E-state index in [1.54, 1.807) is 4.31 Å². The van der Waals surface area contributed by atoms with Gasteiger partial charge >= 0.3 is 0 Å². The summed E-state index contributed by atoms with van der Waals surface area (Å²) in [7, 11) is -3.23. The van der Waals surface area contributed by atoms with Gasteiger partial charge < -0.3 is 5.73 Å². The zero-order valence-corrected chi connectivity index (χ0v) is 8.70. The molecule has 3 atom stereocenters. The summed E-state index contributed by atoms with van der Waals surface area (Å²) < 4.78 is 27.9. The number of rotatable bonds is 3. The van der Waals surface area contributed by atoms with E-state index in [-0.39, 0.29) is 18.1 Å². The van der Waals surface area contributed by atoms with Crippen LogP contribution >= 0.6 is 0 Å². The Morgan fingerprint density at radius 2 is 2.07 bits per heavy atom. The van der Waals surface area contributed by atoms with Gasteiger partial charge in [-0.1, -0.05) is 0 Å². The van der Waals surface area contributed by atoms with Crippen molar-refractivity contribution in [1.29, 1.82) is 0 Å². The van der Waals surface area contributed by atoms with E-state index in [0.717, 1.165) is 19.3 Å². The molecule has 0 aromatic rings. The fourth-order valence-electron chi connectivity index (χ4n) is 2.37. The van der Waals surface area contributed by atoms with E-state index in [0.29, 0.717) is 12.5 Å². The van der Waals surface area contributed by atoms with Gasteiger partial charge in [0.25, 0.3) is 10.2 Å². The number of fused-ring (bicyclic) bond motifs is 1. The van der Waals surface area contributed by atoms with Gasteiger partial charge in [-0.2, -0.15) is 17.4 Å². The van der Waals surface area contributed by atoms with Gasteiger partial charge in [0.2, 0.25) is 0 Å². The largest absolute Gasteiger partial charge is 0.326 e. The van der Waals surface area contributed by atoms with Crippen molar-refractivity contribution in [3.05, 3.63) is 0 Å². The maximum absolute atomic E-state index is 11.8. The Labute approximate surface area is 83.8 Å². The topological polar surface area (TPSA) is 75.4 Å². The summed E-state index contributed by atoms with van der Waals surface area (Å²) in [6, 6.07) is 0.330. The Kier molecular flexibility index (Phi) is 1.75. The second-order valence-corrected chi connectivity index (χ2v) is 6.26. The van der Waals surface area contributed by atoms with Crippen molar-refractivity contribution in [2.45, 2.75) is 37.4 Å². The minimum atomic E-state index is -3.23. The summed E-state index contributed by atoms with van der Waals surface area (Å²) in [5.74, 6) is 0.399. The summed E-state index contributed by atoms with van der Waals surface area (Å²) in [4.78, 5) is 0. The molecule has 2 bridgehead atoms. The predicted molar refractivity (Wildman–Crippen MR) is 51.7 cm³/mol. The van der Waals surface area contributed by atoms with Gasteiger partial charge in [0, 0.05) is 24.7 Å². The van der Waals surface area contributed by atoms with Gasteiger partial charge in [-0.25, -0.2) is 0 Å². The van der Waals surface area contributed by atoms with Crippen LogP contribution in [0, 0.1) is 5.92 Å². The molecule has 2 heterocycles. The number of nitrogens with one attached hydrogen (secondary N) is 1. The molecule has 14 heavy (non-hydrogen) atoms. The van der Waals surface area contributed by atoms with Crippen molar-refractivity contribution in [2.75, 3.05) is 6.54 Å². The van der Waals surface area contributed by atoms with Crippen molar-refractivity contribution < 1.29 is 8.42 Å². The zero-order chi connectivity index (χ0) is 9.92. The first kappa shape index (κ1) is 9.08. The fourth-order valence-corrected chi connectivity index (χ4v) is 4.13. The van der Waals surface area contributed by atoms with Crippen molar-refractivity contribution in [1.82, 2.24) is 9.03 Å². The van der Waals surface area contributed by atoms with Gasteiger partial charge in [0.1, 0.15) is 0 Å². The standard InChI is InChI=1S/C8H15N3O2S/c9-8-5-3-7(8)11(4-5)14(12,13)10-6-1-2-6/h5-8,10H,1-4,9H2. The van der Waals surface area contributed by atoms with Crippen LogP contribution in [0.3, 0.4) is 0 Å². The molecule has 0 spiro atoms. The van der Waals surface area contributed by atoms with Crippen LogP contribution in [0.1, 0.15) is 19.3 Å². The molecule has 2 saturated heterocycles. The molecule has 0 amide bonds. The fraction of sp³-hybridized carbons (Fsp3) is 1.00. The molecule has 0 aromatic carbocycles. The third-order valence-electron chi connectivity index (χ3n) is 3.52. The van der Waals surface area contributed by atoms with Gasteiger partial charge in [-0.05, 0) is 25.2 Å². The Hall–Kier alpha value is -0.170. The average Bonchev–Trinajstić information content (AvgIpc) is 2.68. The molecule has 4 rings (SSSR count). The molecule has 2 saturated carbocycles. The number of nitrogens with two attached hydrogens (primary N) is 1. The lowest BCUT2D eigenvalue weighted by molar-refractivity contribution is 0.269. The molecule has 5 nitrogen and oxygen atoms in total. The minimum absolute atomic E-state index is 0.0660. The molecule has 2 aliphatic heterocycles. The van der Waals surface area contributed by atoms with E-state index in [1.165, 1.54) is 0 Å². The van der Waals surface area contributed by atoms with E-state index in [4.69, 9.17) is 5.73 Å². The highest BCUT2D eigenvalue weighted by Gasteiger charge is 2.54. The number of nitrogens with zero attached hydrogens (tertiary/aromatic N) is 1. The van der Waals surface area contributed by atoms with Crippen LogP contribution in [0.5, 0.6) is 0 Å². The van der Waals surface area contributed by atoms with E-state index >= 15 is 0 Å². The molecule has 80 valence electrons. The van der Waals surface area contributed by atoms with Crippen molar-refractivity contribution in [2.24, 2.45) is 11.7 Å². The SMILES string of the molecule is NC1C2CC1N(S(=O)(=O)NC1CC1)C2. The summed E-state index contributed by atoms with van der Waals surface area (Å²) in [6.07, 6.45) is 2.91. The molecule has 3 N–H and O–H groups in total. The third kappa shape index (κ3) is 1.21. The van der Waals surface area contributed by atoms with Crippen LogP contribution < -0.4 is 10.5 Å². The summed E-state index contributed by atoms with van der Waals surface area (Å²) in [5.41, 5.74) is 5.83. The van der Waals surface area contributed by atoms with E-state index < -0.39 is 10.2 Å². The normalized spacial score (nSPS) is 42.5. The lowest BCUT2D eigenvalue weighted by atomic mass is 9.81. The minimum Gasteiger partial charge on any atom is -0.326 e. The van der Waals surface area contributed by atoms with Gasteiger partial charge in [-0.3, -0.25) is 0 Å². The van der Waals surface area contributed by atoms with Crippen LogP contribution in [0.15, 0.2) is 0 Å². The molecular weight excluding hydrogens is 202 g/mol. The van der Waals surface area contributed by atoms with Gasteiger partial charge in [-0.15, -0.1) is 0 Å². The third-order valence-corrected chi connectivity index (χ3v) is 5.19. The average molecular weight is 217 g/mol. The molecule has 4 aliphatic rings. The highest BCUT2D eigenvalue weighted by atomic mass is 32.2. The van der Waals surface area contributed by atoms with Crippen LogP contribution in [-0.4, -0.2) is 37.4 Å². The second kappa shape index (κ2) is 2.69. The molecule has 6 heteroatoms. The Balaban J connectivity index is 1.75. The van der Waals surface area contributed by atoms with Crippen LogP contribution in [0.2, 0.25) is 0 Å². The highest BCUT2D eigenvalue weighted by Crippen LogP contribution is 2.41.